The predicted octanol–water partition coefficient (Wildman–Crippen LogP) is 3.05. The normalized spacial score (nSPS) is 21.0. The first-order valence-electron chi connectivity index (χ1n) is 8.93. The van der Waals surface area contributed by atoms with Crippen molar-refractivity contribution < 1.29 is 13.2 Å². The molecule has 1 amide bonds. The van der Waals surface area contributed by atoms with Crippen LogP contribution in [0.25, 0.3) is 0 Å². The van der Waals surface area contributed by atoms with E-state index >= 15 is 0 Å². The van der Waals surface area contributed by atoms with Gasteiger partial charge in [-0.15, -0.1) is 11.3 Å². The van der Waals surface area contributed by atoms with Crippen molar-refractivity contribution in [3.05, 3.63) is 46.8 Å². The van der Waals surface area contributed by atoms with E-state index in [1.807, 2.05) is 36.1 Å². The maximum absolute atomic E-state index is 13.1. The molecule has 1 aromatic heterocycles. The van der Waals surface area contributed by atoms with Crippen LogP contribution in [0.2, 0.25) is 0 Å². The average Bonchev–Trinajstić information content (AvgIpc) is 3.28. The van der Waals surface area contributed by atoms with Crippen LogP contribution >= 0.6 is 11.3 Å². The molecule has 0 saturated carbocycles. The van der Waals surface area contributed by atoms with Gasteiger partial charge in [-0.3, -0.25) is 4.79 Å². The highest BCUT2D eigenvalue weighted by molar-refractivity contribution is 7.91. The first-order chi connectivity index (χ1) is 12.5. The lowest BCUT2D eigenvalue weighted by Crippen LogP contribution is -2.46. The second kappa shape index (κ2) is 6.79. The minimum Gasteiger partial charge on any atom is -0.312 e. The SMILES string of the molecule is Cc1ccc(S(=O)(=O)N2CCCC(C(=O)N3CCc4ccccc43)C2)s1. The number of para-hydroxylation sites is 1. The second-order valence-corrected chi connectivity index (χ2v) is 10.4. The number of benzene rings is 1. The zero-order chi connectivity index (χ0) is 18.3. The number of rotatable bonds is 3. The molecule has 26 heavy (non-hydrogen) atoms. The van der Waals surface area contributed by atoms with Crippen LogP contribution in [0.4, 0.5) is 5.69 Å². The number of anilines is 1. The Labute approximate surface area is 158 Å². The molecule has 1 unspecified atom stereocenters. The first kappa shape index (κ1) is 17.7. The molecule has 0 bridgehead atoms. The van der Waals surface area contributed by atoms with E-state index in [1.54, 1.807) is 6.07 Å². The summed E-state index contributed by atoms with van der Waals surface area (Å²) in [5.41, 5.74) is 2.17. The van der Waals surface area contributed by atoms with E-state index in [4.69, 9.17) is 0 Å². The Morgan fingerprint density at radius 3 is 2.73 bits per heavy atom. The molecule has 7 heteroatoms. The van der Waals surface area contributed by atoms with Crippen LogP contribution in [0.15, 0.2) is 40.6 Å². The Bertz CT molecular complexity index is 936. The topological polar surface area (TPSA) is 57.7 Å². The number of nitrogens with zero attached hydrogens (tertiary/aromatic N) is 2. The van der Waals surface area contributed by atoms with E-state index in [2.05, 4.69) is 6.07 Å². The molecular weight excluding hydrogens is 368 g/mol. The molecule has 1 atom stereocenters. The van der Waals surface area contributed by atoms with E-state index in [1.165, 1.54) is 21.2 Å². The number of sulfonamides is 1. The molecule has 1 aromatic carbocycles. The monoisotopic (exact) mass is 390 g/mol. The molecule has 1 fully saturated rings. The van der Waals surface area contributed by atoms with Gasteiger partial charge in [-0.2, -0.15) is 4.31 Å². The molecule has 5 nitrogen and oxygen atoms in total. The quantitative estimate of drug-likeness (QED) is 0.809. The highest BCUT2D eigenvalue weighted by Gasteiger charge is 2.37. The fraction of sp³-hybridized carbons (Fsp3) is 0.421. The van der Waals surface area contributed by atoms with Crippen molar-refractivity contribution in [1.82, 2.24) is 4.31 Å². The lowest BCUT2D eigenvalue weighted by atomic mass is 9.98. The maximum atomic E-state index is 13.1. The lowest BCUT2D eigenvalue weighted by molar-refractivity contribution is -0.123. The number of carbonyl (C=O) groups is 1. The van der Waals surface area contributed by atoms with Crippen LogP contribution < -0.4 is 4.90 Å². The van der Waals surface area contributed by atoms with Crippen molar-refractivity contribution in [1.29, 1.82) is 0 Å². The Balaban J connectivity index is 1.53. The van der Waals surface area contributed by atoms with Gasteiger partial charge in [-0.25, -0.2) is 8.42 Å². The fourth-order valence-electron chi connectivity index (χ4n) is 3.83. The summed E-state index contributed by atoms with van der Waals surface area (Å²) in [6.07, 6.45) is 2.33. The molecule has 0 spiro atoms. The predicted molar refractivity (Wildman–Crippen MR) is 103 cm³/mol. The maximum Gasteiger partial charge on any atom is 0.252 e. The third kappa shape index (κ3) is 3.08. The first-order valence-corrected chi connectivity index (χ1v) is 11.2. The number of amides is 1. The zero-order valence-corrected chi connectivity index (χ0v) is 16.4. The number of fused-ring (bicyclic) bond motifs is 1. The van der Waals surface area contributed by atoms with Gasteiger partial charge in [0.2, 0.25) is 5.91 Å². The standard InChI is InChI=1S/C19H22N2O3S2/c1-14-8-9-18(25-14)26(23,24)20-11-4-6-16(13-20)19(22)21-12-10-15-5-2-3-7-17(15)21/h2-3,5,7-9,16H,4,6,10-13H2,1H3. The second-order valence-electron chi connectivity index (χ2n) is 6.94. The summed E-state index contributed by atoms with van der Waals surface area (Å²) in [5, 5.41) is 0. The number of hydrogen-bond acceptors (Lipinski definition) is 4. The van der Waals surface area contributed by atoms with Crippen LogP contribution in [0.3, 0.4) is 0 Å². The minimum atomic E-state index is -3.51. The van der Waals surface area contributed by atoms with Gasteiger partial charge >= 0.3 is 0 Å². The van der Waals surface area contributed by atoms with Gasteiger partial charge < -0.3 is 4.90 Å². The number of thiophene rings is 1. The third-order valence-electron chi connectivity index (χ3n) is 5.20. The average molecular weight is 391 g/mol. The minimum absolute atomic E-state index is 0.0530. The van der Waals surface area contributed by atoms with Crippen molar-refractivity contribution in [3.63, 3.8) is 0 Å². The molecular formula is C19H22N2O3S2. The number of carbonyl (C=O) groups excluding carboxylic acids is 1. The van der Waals surface area contributed by atoms with Gasteiger partial charge in [0, 0.05) is 30.2 Å². The van der Waals surface area contributed by atoms with E-state index < -0.39 is 10.0 Å². The molecule has 2 aromatic rings. The van der Waals surface area contributed by atoms with Crippen molar-refractivity contribution in [2.75, 3.05) is 24.5 Å². The van der Waals surface area contributed by atoms with Crippen molar-refractivity contribution in [2.24, 2.45) is 5.92 Å². The molecule has 0 radical (unpaired) electrons. The van der Waals surface area contributed by atoms with Crippen molar-refractivity contribution >= 4 is 33.0 Å². The van der Waals surface area contributed by atoms with Gasteiger partial charge in [-0.1, -0.05) is 18.2 Å². The van der Waals surface area contributed by atoms with Gasteiger partial charge in [0.15, 0.2) is 0 Å². The van der Waals surface area contributed by atoms with Crippen molar-refractivity contribution in [2.45, 2.75) is 30.4 Å². The number of hydrogen-bond donors (Lipinski definition) is 0. The van der Waals surface area contributed by atoms with Crippen LogP contribution in [-0.4, -0.2) is 38.3 Å². The van der Waals surface area contributed by atoms with Gasteiger partial charge in [-0.05, 0) is 49.9 Å². The van der Waals surface area contributed by atoms with E-state index in [-0.39, 0.29) is 18.4 Å². The Morgan fingerprint density at radius 2 is 1.96 bits per heavy atom. The molecule has 0 aliphatic carbocycles. The number of piperidine rings is 1. The lowest BCUT2D eigenvalue weighted by Gasteiger charge is -2.33. The van der Waals surface area contributed by atoms with E-state index in [0.717, 1.165) is 29.8 Å². The summed E-state index contributed by atoms with van der Waals surface area (Å²) in [5.74, 6) is -0.219. The summed E-state index contributed by atoms with van der Waals surface area (Å²) in [4.78, 5) is 15.9. The largest absolute Gasteiger partial charge is 0.312 e. The Kier molecular flexibility index (Phi) is 4.62. The van der Waals surface area contributed by atoms with Gasteiger partial charge in [0.1, 0.15) is 4.21 Å². The fourth-order valence-corrected chi connectivity index (χ4v) is 6.79. The van der Waals surface area contributed by atoms with E-state index in [9.17, 15) is 13.2 Å². The van der Waals surface area contributed by atoms with E-state index in [0.29, 0.717) is 17.3 Å². The van der Waals surface area contributed by atoms with Crippen LogP contribution in [0.1, 0.15) is 23.3 Å². The summed E-state index contributed by atoms with van der Waals surface area (Å²) >= 11 is 1.29. The van der Waals surface area contributed by atoms with Gasteiger partial charge in [0.05, 0.1) is 5.92 Å². The molecule has 1 saturated heterocycles. The molecule has 0 N–H and O–H groups in total. The molecule has 138 valence electrons. The highest BCUT2D eigenvalue weighted by Crippen LogP contribution is 2.32. The number of aryl methyl sites for hydroxylation is 1. The molecule has 2 aliphatic heterocycles. The van der Waals surface area contributed by atoms with Crippen LogP contribution in [0.5, 0.6) is 0 Å². The van der Waals surface area contributed by atoms with Gasteiger partial charge in [0.25, 0.3) is 10.0 Å². The third-order valence-corrected chi connectivity index (χ3v) is 8.53. The Morgan fingerprint density at radius 1 is 1.15 bits per heavy atom. The zero-order valence-electron chi connectivity index (χ0n) is 14.7. The summed E-state index contributed by atoms with van der Waals surface area (Å²) in [6.45, 7) is 3.35. The molecule has 4 rings (SSSR count). The van der Waals surface area contributed by atoms with Crippen LogP contribution in [-0.2, 0) is 21.2 Å². The summed E-state index contributed by atoms with van der Waals surface area (Å²) in [6, 6.07) is 11.5. The Hall–Kier alpha value is -1.70. The smallest absolute Gasteiger partial charge is 0.252 e. The van der Waals surface area contributed by atoms with Crippen LogP contribution in [0, 0.1) is 12.8 Å². The summed E-state index contributed by atoms with van der Waals surface area (Å²) < 4.78 is 27.7. The van der Waals surface area contributed by atoms with Crippen molar-refractivity contribution in [3.8, 4) is 0 Å². The molecule has 3 heterocycles. The highest BCUT2D eigenvalue weighted by atomic mass is 32.2. The summed E-state index contributed by atoms with van der Waals surface area (Å²) in [7, 11) is -3.51. The molecule has 2 aliphatic rings.